The summed E-state index contributed by atoms with van der Waals surface area (Å²) in [7, 11) is 2.05. The van der Waals surface area contributed by atoms with E-state index < -0.39 is 5.60 Å². The van der Waals surface area contributed by atoms with Crippen LogP contribution in [0.3, 0.4) is 0 Å². The van der Waals surface area contributed by atoms with Gasteiger partial charge in [-0.15, -0.1) is 0 Å². The van der Waals surface area contributed by atoms with E-state index in [-0.39, 0.29) is 37.8 Å². The molecule has 4 rings (SSSR count). The van der Waals surface area contributed by atoms with Crippen LogP contribution in [0.5, 0.6) is 5.75 Å². The molecule has 2 fully saturated rings. The lowest BCUT2D eigenvalue weighted by Gasteiger charge is -2.43. The molecule has 10 heteroatoms. The Balaban J connectivity index is 1.51. The van der Waals surface area contributed by atoms with Gasteiger partial charge in [-0.25, -0.2) is 0 Å². The summed E-state index contributed by atoms with van der Waals surface area (Å²) in [4.78, 5) is 32.5. The molecule has 0 aliphatic carbocycles. The van der Waals surface area contributed by atoms with Crippen LogP contribution in [0.4, 0.5) is 0 Å². The number of rotatable bonds is 7. The molecule has 1 aromatic carbocycles. The highest BCUT2D eigenvalue weighted by Gasteiger charge is 2.42. The van der Waals surface area contributed by atoms with Crippen molar-refractivity contribution >= 4 is 23.4 Å². The molecule has 0 unspecified atom stereocenters. The van der Waals surface area contributed by atoms with Crippen LogP contribution in [0.25, 0.3) is 0 Å². The Bertz CT molecular complexity index is 1080. The van der Waals surface area contributed by atoms with Crippen LogP contribution >= 0.6 is 11.6 Å². The summed E-state index contributed by atoms with van der Waals surface area (Å²) in [6.07, 6.45) is 0.333. The highest BCUT2D eigenvalue weighted by Crippen LogP contribution is 2.28. The first-order valence-corrected chi connectivity index (χ1v) is 12.7. The maximum atomic E-state index is 13.3. The lowest BCUT2D eigenvalue weighted by atomic mass is 9.96. The van der Waals surface area contributed by atoms with Crippen molar-refractivity contribution in [3.63, 3.8) is 0 Å². The van der Waals surface area contributed by atoms with Gasteiger partial charge in [0.15, 0.2) is 0 Å². The van der Waals surface area contributed by atoms with Gasteiger partial charge in [0.05, 0.1) is 31.7 Å². The van der Waals surface area contributed by atoms with Gasteiger partial charge in [-0.1, -0.05) is 16.8 Å². The number of ether oxygens (including phenoxy) is 2. The molecule has 196 valence electrons. The summed E-state index contributed by atoms with van der Waals surface area (Å²) < 4.78 is 17.6. The predicted octanol–water partition coefficient (Wildman–Crippen LogP) is 2.64. The third-order valence-corrected chi connectivity index (χ3v) is 7.50. The van der Waals surface area contributed by atoms with Gasteiger partial charge in [-0.05, 0) is 51.6 Å². The summed E-state index contributed by atoms with van der Waals surface area (Å²) in [5.41, 5.74) is 1.46. The Kier molecular flexibility index (Phi) is 8.22. The maximum Gasteiger partial charge on any atom is 0.227 e. The SMILES string of the molecule is Cc1cc(OC[C@@]2(CC(=O)N3CCN(C)CC3)CN(C(=O)Cc3c(C)noc3C)CCO2)ccc1Cl. The molecule has 0 radical (unpaired) electrons. The molecule has 36 heavy (non-hydrogen) atoms. The van der Waals surface area contributed by atoms with E-state index in [2.05, 4.69) is 17.1 Å². The molecule has 2 aliphatic rings. The number of likely N-dealkylation sites (N-methyl/N-ethyl adjacent to an activating group) is 1. The van der Waals surface area contributed by atoms with Crippen molar-refractivity contribution in [2.75, 3.05) is 59.5 Å². The minimum absolute atomic E-state index is 0.0130. The van der Waals surface area contributed by atoms with Crippen molar-refractivity contribution < 1.29 is 23.6 Å². The topological polar surface area (TPSA) is 88.4 Å². The second-order valence-corrected chi connectivity index (χ2v) is 10.3. The number of carbonyl (C=O) groups excluding carboxylic acids is 2. The van der Waals surface area contributed by atoms with Gasteiger partial charge in [-0.3, -0.25) is 9.59 Å². The summed E-state index contributed by atoms with van der Waals surface area (Å²) in [5, 5.41) is 4.62. The largest absolute Gasteiger partial charge is 0.490 e. The van der Waals surface area contributed by atoms with Gasteiger partial charge in [0.1, 0.15) is 23.7 Å². The monoisotopic (exact) mass is 518 g/mol. The fourth-order valence-electron chi connectivity index (χ4n) is 4.69. The zero-order valence-corrected chi connectivity index (χ0v) is 22.3. The van der Waals surface area contributed by atoms with Crippen LogP contribution in [0, 0.1) is 20.8 Å². The molecule has 1 aromatic heterocycles. The zero-order chi connectivity index (χ0) is 25.9. The van der Waals surface area contributed by atoms with Crippen LogP contribution in [0.1, 0.15) is 29.0 Å². The molecular weight excluding hydrogens is 484 g/mol. The third-order valence-electron chi connectivity index (χ3n) is 7.07. The molecule has 2 aliphatic heterocycles. The number of halogens is 1. The smallest absolute Gasteiger partial charge is 0.227 e. The number of amides is 2. The van der Waals surface area contributed by atoms with Gasteiger partial charge in [0.2, 0.25) is 11.8 Å². The van der Waals surface area contributed by atoms with E-state index in [9.17, 15) is 9.59 Å². The second kappa shape index (κ2) is 11.2. The molecule has 2 amide bonds. The fourth-order valence-corrected chi connectivity index (χ4v) is 4.80. The number of nitrogens with zero attached hydrogens (tertiary/aromatic N) is 4. The minimum atomic E-state index is -0.958. The van der Waals surface area contributed by atoms with Crippen LogP contribution in [0.15, 0.2) is 22.7 Å². The highest BCUT2D eigenvalue weighted by atomic mass is 35.5. The molecule has 9 nitrogen and oxygen atoms in total. The van der Waals surface area contributed by atoms with Gasteiger partial charge in [0.25, 0.3) is 0 Å². The maximum absolute atomic E-state index is 13.3. The lowest BCUT2D eigenvalue weighted by molar-refractivity contribution is -0.166. The Morgan fingerprint density at radius 3 is 2.50 bits per heavy atom. The standard InChI is InChI=1S/C26H35ClN4O5/c1-18-13-21(5-6-23(18)27)34-17-26(15-25(33)30-9-7-29(4)8-10-30)16-31(11-12-35-26)24(32)14-22-19(2)28-36-20(22)3/h5-6,13H,7-12,14-17H2,1-4H3/t26-/m1/s1. The molecule has 0 bridgehead atoms. The molecule has 0 spiro atoms. The van der Waals surface area contributed by atoms with Gasteiger partial charge < -0.3 is 28.7 Å². The number of piperazine rings is 1. The second-order valence-electron chi connectivity index (χ2n) is 9.89. The van der Waals surface area contributed by atoms with Crippen LogP contribution < -0.4 is 4.74 Å². The van der Waals surface area contributed by atoms with E-state index in [4.69, 9.17) is 25.6 Å². The molecule has 0 saturated carbocycles. The molecular formula is C26H35ClN4O5. The highest BCUT2D eigenvalue weighted by molar-refractivity contribution is 6.31. The van der Waals surface area contributed by atoms with Gasteiger partial charge in [-0.2, -0.15) is 0 Å². The average Bonchev–Trinajstić information content (AvgIpc) is 3.17. The van der Waals surface area contributed by atoms with Crippen molar-refractivity contribution in [3.05, 3.63) is 45.8 Å². The Morgan fingerprint density at radius 2 is 1.83 bits per heavy atom. The zero-order valence-electron chi connectivity index (χ0n) is 21.5. The van der Waals surface area contributed by atoms with Crippen LogP contribution in [-0.4, -0.2) is 96.8 Å². The van der Waals surface area contributed by atoms with Crippen molar-refractivity contribution in [2.24, 2.45) is 0 Å². The average molecular weight is 519 g/mol. The van der Waals surface area contributed by atoms with Crippen molar-refractivity contribution in [1.29, 1.82) is 0 Å². The Hall–Kier alpha value is -2.62. The normalized spacial score (nSPS) is 21.0. The predicted molar refractivity (Wildman–Crippen MR) is 135 cm³/mol. The molecule has 3 heterocycles. The fraction of sp³-hybridized carbons (Fsp3) is 0.577. The first kappa shape index (κ1) is 26.4. The summed E-state index contributed by atoms with van der Waals surface area (Å²) in [6.45, 7) is 9.76. The van der Waals surface area contributed by atoms with E-state index in [0.29, 0.717) is 48.5 Å². The van der Waals surface area contributed by atoms with Crippen molar-refractivity contribution in [3.8, 4) is 5.75 Å². The Morgan fingerprint density at radius 1 is 1.08 bits per heavy atom. The minimum Gasteiger partial charge on any atom is -0.490 e. The third kappa shape index (κ3) is 6.19. The van der Waals surface area contributed by atoms with E-state index in [1.807, 2.05) is 31.7 Å². The molecule has 1 atom stereocenters. The molecule has 2 aromatic rings. The summed E-state index contributed by atoms with van der Waals surface area (Å²) in [5.74, 6) is 1.25. The van der Waals surface area contributed by atoms with E-state index in [1.54, 1.807) is 17.0 Å². The summed E-state index contributed by atoms with van der Waals surface area (Å²) >= 11 is 6.17. The number of hydrogen-bond donors (Lipinski definition) is 0. The number of carbonyl (C=O) groups is 2. The van der Waals surface area contributed by atoms with Crippen molar-refractivity contribution in [2.45, 2.75) is 39.2 Å². The molecule has 2 saturated heterocycles. The molecule has 0 N–H and O–H groups in total. The van der Waals surface area contributed by atoms with Gasteiger partial charge >= 0.3 is 0 Å². The number of benzene rings is 1. The quantitative estimate of drug-likeness (QED) is 0.556. The van der Waals surface area contributed by atoms with E-state index in [0.717, 1.165) is 24.2 Å². The number of aryl methyl sites for hydroxylation is 3. The van der Waals surface area contributed by atoms with E-state index >= 15 is 0 Å². The first-order valence-electron chi connectivity index (χ1n) is 12.3. The Labute approximate surface area is 217 Å². The number of morpholine rings is 1. The first-order chi connectivity index (χ1) is 17.2. The van der Waals surface area contributed by atoms with E-state index in [1.165, 1.54) is 0 Å². The van der Waals surface area contributed by atoms with Gasteiger partial charge in [0, 0.05) is 43.3 Å². The number of hydrogen-bond acceptors (Lipinski definition) is 7. The number of aromatic nitrogens is 1. The summed E-state index contributed by atoms with van der Waals surface area (Å²) in [6, 6.07) is 5.45. The lowest BCUT2D eigenvalue weighted by Crippen LogP contribution is -2.59. The van der Waals surface area contributed by atoms with Crippen molar-refractivity contribution in [1.82, 2.24) is 19.9 Å². The van der Waals surface area contributed by atoms with Crippen LogP contribution in [-0.2, 0) is 20.7 Å². The van der Waals surface area contributed by atoms with Crippen LogP contribution in [0.2, 0.25) is 5.02 Å².